The van der Waals surface area contributed by atoms with Crippen molar-refractivity contribution in [2.24, 2.45) is 0 Å². The molecule has 1 atom stereocenters. The lowest BCUT2D eigenvalue weighted by Crippen LogP contribution is -2.41. The van der Waals surface area contributed by atoms with Crippen molar-refractivity contribution in [1.82, 2.24) is 5.32 Å². The second-order valence-electron chi connectivity index (χ2n) is 9.33. The Bertz CT molecular complexity index is 1280. The number of hydrogen-bond acceptors (Lipinski definition) is 5. The van der Waals surface area contributed by atoms with Crippen LogP contribution in [0.5, 0.6) is 5.75 Å². The number of carbonyl (C=O) groups is 1. The first-order valence-electron chi connectivity index (χ1n) is 12.7. The molecule has 1 aliphatic rings. The maximum Gasteiger partial charge on any atom is 0.264 e. The molecule has 0 bridgehead atoms. The molecule has 0 aromatic heterocycles. The van der Waals surface area contributed by atoms with E-state index >= 15 is 0 Å². The van der Waals surface area contributed by atoms with Crippen LogP contribution in [0, 0.1) is 6.92 Å². The summed E-state index contributed by atoms with van der Waals surface area (Å²) in [7, 11) is -4.00. The molecule has 1 N–H and O–H groups in total. The van der Waals surface area contributed by atoms with Crippen LogP contribution in [0.25, 0.3) is 0 Å². The van der Waals surface area contributed by atoms with Crippen LogP contribution in [0.3, 0.4) is 0 Å². The lowest BCUT2D eigenvalue weighted by Gasteiger charge is -2.25. The first-order valence-corrected chi connectivity index (χ1v) is 14.2. The summed E-state index contributed by atoms with van der Waals surface area (Å²) in [6.45, 7) is 7.99. The number of nitrogens with zero attached hydrogens (tertiary/aromatic N) is 2. The standard InChI is InChI=1S/C29H35N3O4S/c1-4-36-27-15-17-28(18-16-27)37(34,35)32(26-11-7-22(2)8-12-26)21-29(33)30-23(3)24-9-13-25(14-10-24)31-19-5-6-20-31/h7-18,23H,4-6,19-21H2,1-3H3,(H,30,33). The average molecular weight is 522 g/mol. The fourth-order valence-electron chi connectivity index (χ4n) is 4.48. The van der Waals surface area contributed by atoms with Crippen LogP contribution >= 0.6 is 0 Å². The second-order valence-corrected chi connectivity index (χ2v) is 11.2. The molecule has 196 valence electrons. The Morgan fingerprint density at radius 3 is 2.19 bits per heavy atom. The lowest BCUT2D eigenvalue weighted by molar-refractivity contribution is -0.120. The predicted octanol–water partition coefficient (Wildman–Crippen LogP) is 5.07. The van der Waals surface area contributed by atoms with Gasteiger partial charge in [-0.3, -0.25) is 9.10 Å². The maximum atomic E-state index is 13.6. The summed E-state index contributed by atoms with van der Waals surface area (Å²) < 4.78 is 33.9. The van der Waals surface area contributed by atoms with E-state index in [0.29, 0.717) is 18.0 Å². The van der Waals surface area contributed by atoms with Crippen molar-refractivity contribution in [3.8, 4) is 5.75 Å². The van der Waals surface area contributed by atoms with E-state index in [1.165, 1.54) is 30.7 Å². The zero-order chi connectivity index (χ0) is 26.4. The summed E-state index contributed by atoms with van der Waals surface area (Å²) >= 11 is 0. The number of sulfonamides is 1. The molecule has 3 aromatic carbocycles. The van der Waals surface area contributed by atoms with Gasteiger partial charge in [-0.2, -0.15) is 0 Å². The molecule has 1 aliphatic heterocycles. The van der Waals surface area contributed by atoms with Crippen molar-refractivity contribution in [2.45, 2.75) is 44.6 Å². The molecule has 37 heavy (non-hydrogen) atoms. The SMILES string of the molecule is CCOc1ccc(S(=O)(=O)N(CC(=O)NC(C)c2ccc(N3CCCC3)cc2)c2ccc(C)cc2)cc1. The highest BCUT2D eigenvalue weighted by molar-refractivity contribution is 7.92. The van der Waals surface area contributed by atoms with Crippen molar-refractivity contribution < 1.29 is 17.9 Å². The van der Waals surface area contributed by atoms with E-state index in [0.717, 1.165) is 28.5 Å². The number of amides is 1. The number of anilines is 2. The number of hydrogen-bond donors (Lipinski definition) is 1. The van der Waals surface area contributed by atoms with Crippen LogP contribution in [0.15, 0.2) is 77.7 Å². The third kappa shape index (κ3) is 6.43. The van der Waals surface area contributed by atoms with Gasteiger partial charge in [0.1, 0.15) is 12.3 Å². The molecule has 3 aromatic rings. The molecule has 1 fully saturated rings. The van der Waals surface area contributed by atoms with Crippen LogP contribution in [-0.4, -0.2) is 40.6 Å². The number of benzene rings is 3. The zero-order valence-electron chi connectivity index (χ0n) is 21.7. The third-order valence-electron chi connectivity index (χ3n) is 6.57. The van der Waals surface area contributed by atoms with Gasteiger partial charge in [0, 0.05) is 18.8 Å². The van der Waals surface area contributed by atoms with E-state index < -0.39 is 10.0 Å². The number of ether oxygens (including phenoxy) is 1. The molecule has 1 unspecified atom stereocenters. The van der Waals surface area contributed by atoms with Gasteiger partial charge < -0.3 is 15.0 Å². The molecule has 0 saturated carbocycles. The zero-order valence-corrected chi connectivity index (χ0v) is 22.5. The highest BCUT2D eigenvalue weighted by atomic mass is 32.2. The number of carbonyl (C=O) groups excluding carboxylic acids is 1. The van der Waals surface area contributed by atoms with E-state index in [2.05, 4.69) is 22.3 Å². The molecule has 0 spiro atoms. The number of nitrogens with one attached hydrogen (secondary N) is 1. The van der Waals surface area contributed by atoms with Crippen molar-refractivity contribution in [3.05, 3.63) is 83.9 Å². The fourth-order valence-corrected chi connectivity index (χ4v) is 5.90. The summed E-state index contributed by atoms with van der Waals surface area (Å²) in [5, 5.41) is 2.97. The van der Waals surface area contributed by atoms with Crippen molar-refractivity contribution in [1.29, 1.82) is 0 Å². The van der Waals surface area contributed by atoms with Crippen LogP contribution < -0.4 is 19.3 Å². The molecule has 4 rings (SSSR count). The Morgan fingerprint density at radius 1 is 0.973 bits per heavy atom. The monoisotopic (exact) mass is 521 g/mol. The summed E-state index contributed by atoms with van der Waals surface area (Å²) in [6.07, 6.45) is 2.43. The first-order chi connectivity index (χ1) is 17.8. The minimum Gasteiger partial charge on any atom is -0.494 e. The molecule has 0 radical (unpaired) electrons. The third-order valence-corrected chi connectivity index (χ3v) is 8.36. The van der Waals surface area contributed by atoms with Gasteiger partial charge in [-0.25, -0.2) is 8.42 Å². The molecule has 8 heteroatoms. The Balaban J connectivity index is 1.51. The Morgan fingerprint density at radius 2 is 1.59 bits per heavy atom. The predicted molar refractivity (Wildman–Crippen MR) is 148 cm³/mol. The van der Waals surface area contributed by atoms with Gasteiger partial charge in [0.25, 0.3) is 10.0 Å². The van der Waals surface area contributed by atoms with Crippen LogP contribution in [0.4, 0.5) is 11.4 Å². The van der Waals surface area contributed by atoms with Gasteiger partial charge in [-0.15, -0.1) is 0 Å². The topological polar surface area (TPSA) is 79.0 Å². The van der Waals surface area contributed by atoms with Gasteiger partial charge in [0.05, 0.1) is 23.2 Å². The molecule has 1 heterocycles. The van der Waals surface area contributed by atoms with Crippen LogP contribution in [0.1, 0.15) is 43.9 Å². The van der Waals surface area contributed by atoms with E-state index in [1.54, 1.807) is 24.3 Å². The molecule has 0 aliphatic carbocycles. The summed E-state index contributed by atoms with van der Waals surface area (Å²) in [6, 6.07) is 21.3. The van der Waals surface area contributed by atoms with Gasteiger partial charge >= 0.3 is 0 Å². The number of aryl methyl sites for hydroxylation is 1. The fraction of sp³-hybridized carbons (Fsp3) is 0.345. The van der Waals surface area contributed by atoms with E-state index in [-0.39, 0.29) is 23.4 Å². The summed E-state index contributed by atoms with van der Waals surface area (Å²) in [5.74, 6) is 0.205. The summed E-state index contributed by atoms with van der Waals surface area (Å²) in [4.78, 5) is 15.6. The Labute approximate surface area is 220 Å². The van der Waals surface area contributed by atoms with Crippen molar-refractivity contribution in [2.75, 3.05) is 35.4 Å². The smallest absolute Gasteiger partial charge is 0.264 e. The highest BCUT2D eigenvalue weighted by Crippen LogP contribution is 2.26. The minimum atomic E-state index is -4.00. The normalized spacial score (nSPS) is 14.3. The van der Waals surface area contributed by atoms with Gasteiger partial charge in [0.15, 0.2) is 0 Å². The molecular weight excluding hydrogens is 486 g/mol. The van der Waals surface area contributed by atoms with Crippen LogP contribution in [-0.2, 0) is 14.8 Å². The first kappa shape index (κ1) is 26.5. The van der Waals surface area contributed by atoms with E-state index in [4.69, 9.17) is 4.74 Å². The average Bonchev–Trinajstić information content (AvgIpc) is 3.44. The Kier molecular flexibility index (Phi) is 8.38. The highest BCUT2D eigenvalue weighted by Gasteiger charge is 2.28. The molecule has 7 nitrogen and oxygen atoms in total. The summed E-state index contributed by atoms with van der Waals surface area (Å²) in [5.41, 5.74) is 3.58. The van der Waals surface area contributed by atoms with Crippen molar-refractivity contribution in [3.63, 3.8) is 0 Å². The largest absolute Gasteiger partial charge is 0.494 e. The molecule has 1 saturated heterocycles. The van der Waals surface area contributed by atoms with Gasteiger partial charge in [-0.05, 0) is 87.7 Å². The quantitative estimate of drug-likeness (QED) is 0.403. The lowest BCUT2D eigenvalue weighted by atomic mass is 10.1. The minimum absolute atomic E-state index is 0.0925. The van der Waals surface area contributed by atoms with E-state index in [1.807, 2.05) is 45.0 Å². The molecule has 1 amide bonds. The molecular formula is C29H35N3O4S. The van der Waals surface area contributed by atoms with Crippen molar-refractivity contribution >= 4 is 27.3 Å². The van der Waals surface area contributed by atoms with Gasteiger partial charge in [0.2, 0.25) is 5.91 Å². The second kappa shape index (κ2) is 11.7. The van der Waals surface area contributed by atoms with Crippen LogP contribution in [0.2, 0.25) is 0 Å². The van der Waals surface area contributed by atoms with Gasteiger partial charge in [-0.1, -0.05) is 29.8 Å². The Hall–Kier alpha value is -3.52. The number of rotatable bonds is 10. The van der Waals surface area contributed by atoms with E-state index in [9.17, 15) is 13.2 Å². The maximum absolute atomic E-state index is 13.6.